The molecule has 1 unspecified atom stereocenters. The molecule has 6 nitrogen and oxygen atoms in total. The van der Waals surface area contributed by atoms with Crippen LogP contribution in [0.3, 0.4) is 0 Å². The molecule has 6 heteroatoms. The molecule has 0 aliphatic carbocycles. The maximum atomic E-state index is 12.2. The Balaban J connectivity index is 2.24. The third-order valence-corrected chi connectivity index (χ3v) is 4.66. The van der Waals surface area contributed by atoms with E-state index >= 15 is 0 Å². The molecule has 1 heterocycles. The molecule has 1 fully saturated rings. The Kier molecular flexibility index (Phi) is 6.60. The highest BCUT2D eigenvalue weighted by molar-refractivity contribution is 5.81. The molecule has 24 heavy (non-hydrogen) atoms. The van der Waals surface area contributed by atoms with Crippen LogP contribution in [0.1, 0.15) is 24.0 Å². The summed E-state index contributed by atoms with van der Waals surface area (Å²) >= 11 is 0. The monoisotopic (exact) mass is 336 g/mol. The maximum absolute atomic E-state index is 12.2. The van der Waals surface area contributed by atoms with E-state index in [2.05, 4.69) is 18.3 Å². The SMILES string of the molecule is COCC(N)C(=O)NCC1(c2cc(C)ccc2OC)CCOCC1. The van der Waals surface area contributed by atoms with Gasteiger partial charge >= 0.3 is 0 Å². The number of methoxy groups -OCH3 is 2. The van der Waals surface area contributed by atoms with Crippen LogP contribution in [-0.4, -0.2) is 52.5 Å². The van der Waals surface area contributed by atoms with Crippen molar-refractivity contribution in [1.82, 2.24) is 5.32 Å². The molecule has 134 valence electrons. The predicted molar refractivity (Wildman–Crippen MR) is 92.3 cm³/mol. The molecule has 1 aromatic carbocycles. The molecule has 0 aromatic heterocycles. The fraction of sp³-hybridized carbons (Fsp3) is 0.611. The zero-order chi connectivity index (χ0) is 17.6. The van der Waals surface area contributed by atoms with Gasteiger partial charge in [-0.3, -0.25) is 4.79 Å². The minimum atomic E-state index is -0.661. The van der Waals surface area contributed by atoms with Gasteiger partial charge in [0.05, 0.1) is 13.7 Å². The number of carbonyl (C=O) groups excluding carboxylic acids is 1. The predicted octanol–water partition coefficient (Wildman–Crippen LogP) is 1.14. The third kappa shape index (κ3) is 4.26. The Morgan fingerprint density at radius 3 is 2.71 bits per heavy atom. The first-order valence-corrected chi connectivity index (χ1v) is 8.27. The van der Waals surface area contributed by atoms with Crippen molar-refractivity contribution < 1.29 is 19.0 Å². The fourth-order valence-electron chi connectivity index (χ4n) is 3.18. The number of carbonyl (C=O) groups is 1. The normalized spacial score (nSPS) is 18.0. The van der Waals surface area contributed by atoms with Crippen LogP contribution in [-0.2, 0) is 19.7 Å². The van der Waals surface area contributed by atoms with Crippen molar-refractivity contribution in [1.29, 1.82) is 0 Å². The van der Waals surface area contributed by atoms with Crippen molar-refractivity contribution in [3.63, 3.8) is 0 Å². The first kappa shape index (κ1) is 18.7. The van der Waals surface area contributed by atoms with Gasteiger partial charge in [-0.2, -0.15) is 0 Å². The summed E-state index contributed by atoms with van der Waals surface area (Å²) in [5.74, 6) is 0.646. The minimum absolute atomic E-state index is 0.200. The zero-order valence-corrected chi connectivity index (χ0v) is 14.8. The molecule has 0 saturated carbocycles. The summed E-state index contributed by atoms with van der Waals surface area (Å²) in [7, 11) is 3.21. The molecule has 3 N–H and O–H groups in total. The molecule has 1 aliphatic heterocycles. The smallest absolute Gasteiger partial charge is 0.239 e. The fourth-order valence-corrected chi connectivity index (χ4v) is 3.18. The number of ether oxygens (including phenoxy) is 3. The topological polar surface area (TPSA) is 82.8 Å². The van der Waals surface area contributed by atoms with Crippen molar-refractivity contribution in [3.05, 3.63) is 29.3 Å². The lowest BCUT2D eigenvalue weighted by Gasteiger charge is -2.39. The molecular formula is C18H28N2O4. The Morgan fingerprint density at radius 2 is 2.08 bits per heavy atom. The second kappa shape index (κ2) is 8.46. The Hall–Kier alpha value is -1.63. The van der Waals surface area contributed by atoms with Gasteiger partial charge in [-0.15, -0.1) is 0 Å². The summed E-state index contributed by atoms with van der Waals surface area (Å²) in [6.45, 7) is 4.10. The number of hydrogen-bond acceptors (Lipinski definition) is 5. The van der Waals surface area contributed by atoms with E-state index in [1.54, 1.807) is 7.11 Å². The highest BCUT2D eigenvalue weighted by Gasteiger charge is 2.37. The molecule has 1 aromatic rings. The number of amides is 1. The van der Waals surface area contributed by atoms with Crippen LogP contribution in [0.25, 0.3) is 0 Å². The average molecular weight is 336 g/mol. The van der Waals surface area contributed by atoms with Crippen molar-refractivity contribution in [2.24, 2.45) is 5.73 Å². The molecule has 0 spiro atoms. The van der Waals surface area contributed by atoms with E-state index in [9.17, 15) is 4.79 Å². The number of benzene rings is 1. The average Bonchev–Trinajstić information content (AvgIpc) is 2.60. The minimum Gasteiger partial charge on any atom is -0.496 e. The van der Waals surface area contributed by atoms with Gasteiger partial charge in [-0.1, -0.05) is 17.7 Å². The summed E-state index contributed by atoms with van der Waals surface area (Å²) in [5.41, 5.74) is 7.89. The molecule has 1 aliphatic rings. The standard InChI is InChI=1S/C18H28N2O4/c1-13-4-5-16(23-3)14(10-13)18(6-8-24-9-7-18)12-20-17(21)15(19)11-22-2/h4-5,10,15H,6-9,11-12,19H2,1-3H3,(H,20,21). The molecule has 1 amide bonds. The summed E-state index contributed by atoms with van der Waals surface area (Å²) < 4.78 is 16.1. The first-order valence-electron chi connectivity index (χ1n) is 8.27. The lowest BCUT2D eigenvalue weighted by Crippen LogP contribution is -2.50. The Labute approximate surface area is 143 Å². The summed E-state index contributed by atoms with van der Waals surface area (Å²) in [4.78, 5) is 12.2. The van der Waals surface area contributed by atoms with Crippen molar-refractivity contribution in [2.75, 3.05) is 40.6 Å². The van der Waals surface area contributed by atoms with Gasteiger partial charge < -0.3 is 25.3 Å². The summed E-state index contributed by atoms with van der Waals surface area (Å²) in [5, 5.41) is 2.99. The third-order valence-electron chi connectivity index (χ3n) is 4.66. The number of aryl methyl sites for hydroxylation is 1. The van der Waals surface area contributed by atoms with Gasteiger partial charge in [0.15, 0.2) is 0 Å². The zero-order valence-electron chi connectivity index (χ0n) is 14.8. The largest absolute Gasteiger partial charge is 0.496 e. The molecule has 2 rings (SSSR count). The van der Waals surface area contributed by atoms with Gasteiger partial charge in [0.1, 0.15) is 11.8 Å². The number of rotatable bonds is 7. The van der Waals surface area contributed by atoms with Crippen LogP contribution in [0.2, 0.25) is 0 Å². The summed E-state index contributed by atoms with van der Waals surface area (Å²) in [6, 6.07) is 5.50. The Bertz CT molecular complexity index is 556. The van der Waals surface area contributed by atoms with Gasteiger partial charge in [-0.25, -0.2) is 0 Å². The van der Waals surface area contributed by atoms with Gasteiger partial charge in [-0.05, 0) is 25.8 Å². The van der Waals surface area contributed by atoms with E-state index < -0.39 is 6.04 Å². The Morgan fingerprint density at radius 1 is 1.38 bits per heavy atom. The van der Waals surface area contributed by atoms with Crippen molar-refractivity contribution in [2.45, 2.75) is 31.2 Å². The lowest BCUT2D eigenvalue weighted by molar-refractivity contribution is -0.124. The van der Waals surface area contributed by atoms with Gasteiger partial charge in [0.25, 0.3) is 0 Å². The molecule has 0 radical (unpaired) electrons. The van der Waals surface area contributed by atoms with Crippen LogP contribution in [0.5, 0.6) is 5.75 Å². The van der Waals surface area contributed by atoms with E-state index in [0.717, 1.165) is 24.2 Å². The van der Waals surface area contributed by atoms with Gasteiger partial charge in [0, 0.05) is 37.8 Å². The van der Waals surface area contributed by atoms with E-state index in [-0.39, 0.29) is 17.9 Å². The highest BCUT2D eigenvalue weighted by Crippen LogP contribution is 2.40. The van der Waals surface area contributed by atoms with Crippen molar-refractivity contribution in [3.8, 4) is 5.75 Å². The maximum Gasteiger partial charge on any atom is 0.239 e. The van der Waals surface area contributed by atoms with Crippen LogP contribution in [0, 0.1) is 6.92 Å². The van der Waals surface area contributed by atoms with Crippen LogP contribution in [0.4, 0.5) is 0 Å². The molecule has 1 saturated heterocycles. The van der Waals surface area contributed by atoms with E-state index in [0.29, 0.717) is 19.8 Å². The number of nitrogens with two attached hydrogens (primary N) is 1. The number of hydrogen-bond donors (Lipinski definition) is 2. The second-order valence-electron chi connectivity index (χ2n) is 6.38. The molecule has 1 atom stereocenters. The first-order chi connectivity index (χ1) is 11.5. The van der Waals surface area contributed by atoms with E-state index in [1.165, 1.54) is 12.7 Å². The number of nitrogens with one attached hydrogen (secondary N) is 1. The highest BCUT2D eigenvalue weighted by atomic mass is 16.5. The van der Waals surface area contributed by atoms with Gasteiger partial charge in [0.2, 0.25) is 5.91 Å². The quantitative estimate of drug-likeness (QED) is 0.780. The lowest BCUT2D eigenvalue weighted by atomic mass is 9.73. The van der Waals surface area contributed by atoms with Crippen LogP contribution in [0.15, 0.2) is 18.2 Å². The van der Waals surface area contributed by atoms with Crippen molar-refractivity contribution >= 4 is 5.91 Å². The molecule has 0 bridgehead atoms. The van der Waals surface area contributed by atoms with Crippen LogP contribution < -0.4 is 15.8 Å². The second-order valence-corrected chi connectivity index (χ2v) is 6.38. The summed E-state index contributed by atoms with van der Waals surface area (Å²) in [6.07, 6.45) is 1.65. The molecular weight excluding hydrogens is 308 g/mol. The van der Waals surface area contributed by atoms with E-state index in [1.807, 2.05) is 12.1 Å². The van der Waals surface area contributed by atoms with E-state index in [4.69, 9.17) is 19.9 Å². The van der Waals surface area contributed by atoms with Crippen LogP contribution >= 0.6 is 0 Å².